The predicted molar refractivity (Wildman–Crippen MR) is 99.1 cm³/mol. The van der Waals surface area contributed by atoms with Gasteiger partial charge in [-0.25, -0.2) is 0 Å². The van der Waals surface area contributed by atoms with Crippen molar-refractivity contribution in [2.45, 2.75) is 51.1 Å². The summed E-state index contributed by atoms with van der Waals surface area (Å²) in [5.41, 5.74) is 1.43. The molecule has 0 amide bonds. The van der Waals surface area contributed by atoms with Crippen molar-refractivity contribution in [2.24, 2.45) is 17.3 Å². The Bertz CT molecular complexity index is 771. The topological polar surface area (TPSA) is 52.6 Å². The van der Waals surface area contributed by atoms with E-state index in [-0.39, 0.29) is 56.4 Å². The molecule has 2 fully saturated rings. The standard InChI is InChI=1S/C21H24O4Se/c1-12-15-9-10-21(3)16(11-26-14-7-5-4-6-8-14)24-20(23)13(2)17(21)18(15)25-19(12)22/h4-8,12,15-16,18H,9-11H2,1-3H3/t12-,15-,16-,18-,21-/m0/s1. The van der Waals surface area contributed by atoms with Crippen molar-refractivity contribution < 1.29 is 19.1 Å². The van der Waals surface area contributed by atoms with Gasteiger partial charge in [-0.05, 0) is 0 Å². The van der Waals surface area contributed by atoms with Gasteiger partial charge in [0.15, 0.2) is 0 Å². The molecule has 3 aliphatic rings. The number of carbonyl (C=O) groups excluding carboxylic acids is 2. The molecule has 0 radical (unpaired) electrons. The molecular formula is C21H24O4Se. The SMILES string of the molecule is CC1=C2[C@H]3OC(=O)[C@@H](C)[C@@H]3CC[C@@]2(C)[C@H](C[Se]c2ccccc2)OC1=O. The molecule has 138 valence electrons. The fraction of sp³-hybridized carbons (Fsp3) is 0.524. The molecule has 1 aliphatic carbocycles. The van der Waals surface area contributed by atoms with Gasteiger partial charge < -0.3 is 0 Å². The fourth-order valence-electron chi connectivity index (χ4n) is 4.70. The normalized spacial score (nSPS) is 36.3. The first-order chi connectivity index (χ1) is 12.4. The molecule has 5 heteroatoms. The minimum atomic E-state index is -0.254. The zero-order valence-electron chi connectivity index (χ0n) is 15.4. The summed E-state index contributed by atoms with van der Waals surface area (Å²) >= 11 is 0.238. The Morgan fingerprint density at radius 1 is 1.19 bits per heavy atom. The van der Waals surface area contributed by atoms with Gasteiger partial charge in [-0.15, -0.1) is 0 Å². The first kappa shape index (κ1) is 17.8. The molecule has 4 rings (SSSR count). The summed E-state index contributed by atoms with van der Waals surface area (Å²) in [7, 11) is 0. The van der Waals surface area contributed by atoms with Crippen molar-refractivity contribution >= 4 is 31.4 Å². The summed E-state index contributed by atoms with van der Waals surface area (Å²) in [5, 5.41) is 0.844. The van der Waals surface area contributed by atoms with Gasteiger partial charge in [0.2, 0.25) is 0 Å². The predicted octanol–water partition coefficient (Wildman–Crippen LogP) is 2.65. The second-order valence-corrected chi connectivity index (χ2v) is 10.1. The molecule has 5 atom stereocenters. The van der Waals surface area contributed by atoms with Gasteiger partial charge in [-0.3, -0.25) is 0 Å². The van der Waals surface area contributed by atoms with Gasteiger partial charge in [0.1, 0.15) is 0 Å². The molecule has 2 heterocycles. The van der Waals surface area contributed by atoms with Gasteiger partial charge in [-0.1, -0.05) is 0 Å². The van der Waals surface area contributed by atoms with Crippen molar-refractivity contribution in [2.75, 3.05) is 0 Å². The van der Waals surface area contributed by atoms with Crippen LogP contribution in [-0.2, 0) is 19.1 Å². The van der Waals surface area contributed by atoms with E-state index < -0.39 is 0 Å². The van der Waals surface area contributed by atoms with Crippen LogP contribution in [0.5, 0.6) is 0 Å². The Hall–Kier alpha value is -1.58. The molecule has 1 aromatic rings. The molecule has 4 nitrogen and oxygen atoms in total. The van der Waals surface area contributed by atoms with Crippen molar-refractivity contribution in [3.63, 3.8) is 0 Å². The number of esters is 2. The van der Waals surface area contributed by atoms with E-state index in [1.807, 2.05) is 32.0 Å². The van der Waals surface area contributed by atoms with Crippen LogP contribution in [0.2, 0.25) is 5.32 Å². The number of fused-ring (bicyclic) bond motifs is 3. The average molecular weight is 419 g/mol. The molecule has 0 unspecified atom stereocenters. The van der Waals surface area contributed by atoms with Crippen molar-refractivity contribution in [1.29, 1.82) is 0 Å². The van der Waals surface area contributed by atoms with Crippen LogP contribution in [0.3, 0.4) is 0 Å². The van der Waals surface area contributed by atoms with Crippen LogP contribution in [0.4, 0.5) is 0 Å². The molecule has 0 aromatic heterocycles. The van der Waals surface area contributed by atoms with Crippen LogP contribution in [-0.4, -0.2) is 39.1 Å². The second-order valence-electron chi connectivity index (χ2n) is 7.82. The summed E-state index contributed by atoms with van der Waals surface area (Å²) in [6.07, 6.45) is 1.47. The number of carbonyl (C=O) groups is 2. The van der Waals surface area contributed by atoms with Crippen molar-refractivity contribution in [3.8, 4) is 0 Å². The number of rotatable bonds is 3. The molecule has 0 spiro atoms. The van der Waals surface area contributed by atoms with Crippen LogP contribution in [0.15, 0.2) is 41.5 Å². The average Bonchev–Trinajstić information content (AvgIpc) is 2.92. The van der Waals surface area contributed by atoms with Gasteiger partial charge in [-0.2, -0.15) is 0 Å². The van der Waals surface area contributed by atoms with Crippen LogP contribution in [0, 0.1) is 17.3 Å². The van der Waals surface area contributed by atoms with Gasteiger partial charge >= 0.3 is 160 Å². The first-order valence-corrected chi connectivity index (χ1v) is 11.3. The monoisotopic (exact) mass is 420 g/mol. The maximum absolute atomic E-state index is 12.6. The Morgan fingerprint density at radius 2 is 1.92 bits per heavy atom. The fourth-order valence-corrected chi connectivity index (χ4v) is 7.07. The molecular weight excluding hydrogens is 395 g/mol. The Kier molecular flexibility index (Phi) is 4.48. The third kappa shape index (κ3) is 2.73. The van der Waals surface area contributed by atoms with Crippen LogP contribution in [0.1, 0.15) is 33.6 Å². The van der Waals surface area contributed by atoms with E-state index in [4.69, 9.17) is 9.47 Å². The number of benzene rings is 1. The second kappa shape index (κ2) is 6.54. The number of hydrogen-bond acceptors (Lipinski definition) is 4. The van der Waals surface area contributed by atoms with Crippen molar-refractivity contribution in [1.82, 2.24) is 0 Å². The van der Waals surface area contributed by atoms with Crippen molar-refractivity contribution in [3.05, 3.63) is 41.5 Å². The third-order valence-electron chi connectivity index (χ3n) is 6.36. The van der Waals surface area contributed by atoms with E-state index in [1.165, 1.54) is 4.46 Å². The van der Waals surface area contributed by atoms with Gasteiger partial charge in [0.25, 0.3) is 0 Å². The minimum absolute atomic E-state index is 0.0882. The Morgan fingerprint density at radius 3 is 2.65 bits per heavy atom. The zero-order chi connectivity index (χ0) is 18.5. The summed E-state index contributed by atoms with van der Waals surface area (Å²) in [4.78, 5) is 24.7. The summed E-state index contributed by atoms with van der Waals surface area (Å²) < 4.78 is 12.9. The van der Waals surface area contributed by atoms with E-state index in [0.29, 0.717) is 5.57 Å². The van der Waals surface area contributed by atoms with Crippen LogP contribution < -0.4 is 4.46 Å². The molecule has 0 N–H and O–H groups in total. The van der Waals surface area contributed by atoms with E-state index in [0.717, 1.165) is 23.7 Å². The summed E-state index contributed by atoms with van der Waals surface area (Å²) in [6, 6.07) is 10.4. The van der Waals surface area contributed by atoms with Gasteiger partial charge in [0, 0.05) is 0 Å². The molecule has 2 aliphatic heterocycles. The zero-order valence-corrected chi connectivity index (χ0v) is 17.1. The Labute approximate surface area is 160 Å². The first-order valence-electron chi connectivity index (χ1n) is 9.22. The van der Waals surface area contributed by atoms with E-state index in [2.05, 4.69) is 19.1 Å². The van der Waals surface area contributed by atoms with E-state index >= 15 is 0 Å². The quantitative estimate of drug-likeness (QED) is 0.559. The number of cyclic esters (lactones) is 1. The summed E-state index contributed by atoms with van der Waals surface area (Å²) in [5.74, 6) is -0.280. The molecule has 1 aromatic carbocycles. The number of ether oxygens (including phenoxy) is 2. The van der Waals surface area contributed by atoms with Crippen LogP contribution >= 0.6 is 0 Å². The van der Waals surface area contributed by atoms with Crippen LogP contribution in [0.25, 0.3) is 0 Å². The van der Waals surface area contributed by atoms with Gasteiger partial charge in [0.05, 0.1) is 0 Å². The molecule has 0 bridgehead atoms. The van der Waals surface area contributed by atoms with E-state index in [1.54, 1.807) is 0 Å². The molecule has 1 saturated carbocycles. The molecule has 1 saturated heterocycles. The Balaban J connectivity index is 1.64. The summed E-state index contributed by atoms with van der Waals surface area (Å²) in [6.45, 7) is 5.97. The van der Waals surface area contributed by atoms with E-state index in [9.17, 15) is 9.59 Å². The number of hydrogen-bond donors (Lipinski definition) is 0. The molecule has 26 heavy (non-hydrogen) atoms. The third-order valence-corrected chi connectivity index (χ3v) is 8.61. The maximum atomic E-state index is 12.6.